The van der Waals surface area contributed by atoms with Crippen molar-refractivity contribution in [3.05, 3.63) is 30.3 Å². The highest BCUT2D eigenvalue weighted by atomic mass is 16.2. The van der Waals surface area contributed by atoms with Gasteiger partial charge < -0.3 is 5.32 Å². The second-order valence-corrected chi connectivity index (χ2v) is 5.82. The lowest BCUT2D eigenvalue weighted by Crippen LogP contribution is -2.40. The summed E-state index contributed by atoms with van der Waals surface area (Å²) >= 11 is 0. The predicted octanol–water partition coefficient (Wildman–Crippen LogP) is 2.35. The van der Waals surface area contributed by atoms with Crippen LogP contribution in [0.3, 0.4) is 0 Å². The van der Waals surface area contributed by atoms with E-state index in [0.717, 1.165) is 18.4 Å². The molecule has 0 spiro atoms. The van der Waals surface area contributed by atoms with E-state index >= 15 is 0 Å². The molecule has 0 bridgehead atoms. The molecule has 0 radical (unpaired) electrons. The third kappa shape index (κ3) is 3.32. The molecule has 1 saturated carbocycles. The smallest absolute Gasteiger partial charge is 0.246 e. The van der Waals surface area contributed by atoms with Crippen LogP contribution in [-0.2, 0) is 4.79 Å². The summed E-state index contributed by atoms with van der Waals surface area (Å²) < 4.78 is 0. The first-order chi connectivity index (χ1) is 10.7. The van der Waals surface area contributed by atoms with E-state index in [4.69, 9.17) is 0 Å². The van der Waals surface area contributed by atoms with Crippen molar-refractivity contribution < 1.29 is 4.79 Å². The van der Waals surface area contributed by atoms with Crippen molar-refractivity contribution >= 4 is 5.91 Å². The van der Waals surface area contributed by atoms with Crippen LogP contribution >= 0.6 is 0 Å². The van der Waals surface area contributed by atoms with Crippen LogP contribution in [0.1, 0.15) is 45.1 Å². The highest BCUT2D eigenvalue weighted by Gasteiger charge is 2.22. The van der Waals surface area contributed by atoms with Gasteiger partial charge in [0, 0.05) is 11.6 Å². The Hall–Kier alpha value is -2.24. The molecule has 0 unspecified atom stereocenters. The Morgan fingerprint density at radius 3 is 2.68 bits per heavy atom. The maximum Gasteiger partial charge on any atom is 0.246 e. The molecular formula is C16H21N5O. The van der Waals surface area contributed by atoms with Crippen molar-refractivity contribution in [3.63, 3.8) is 0 Å². The number of tetrazole rings is 1. The number of nitrogens with zero attached hydrogens (tertiary/aromatic N) is 4. The van der Waals surface area contributed by atoms with Gasteiger partial charge in [-0.15, -0.1) is 10.2 Å². The summed E-state index contributed by atoms with van der Waals surface area (Å²) in [5.41, 5.74) is 0.897. The lowest BCUT2D eigenvalue weighted by atomic mass is 9.95. The quantitative estimate of drug-likeness (QED) is 0.940. The molecule has 1 fully saturated rings. The zero-order chi connectivity index (χ0) is 15.4. The molecule has 1 aliphatic rings. The van der Waals surface area contributed by atoms with Crippen molar-refractivity contribution in [2.24, 2.45) is 0 Å². The van der Waals surface area contributed by atoms with E-state index in [1.807, 2.05) is 30.3 Å². The average Bonchev–Trinajstić information content (AvgIpc) is 3.06. The molecule has 1 heterocycles. The molecule has 0 aliphatic heterocycles. The van der Waals surface area contributed by atoms with Crippen molar-refractivity contribution in [1.82, 2.24) is 25.5 Å². The van der Waals surface area contributed by atoms with Gasteiger partial charge in [-0.05, 0) is 25.0 Å². The second-order valence-electron chi connectivity index (χ2n) is 5.82. The molecule has 1 aromatic carbocycles. The Labute approximate surface area is 129 Å². The summed E-state index contributed by atoms with van der Waals surface area (Å²) in [4.78, 5) is 13.7. The van der Waals surface area contributed by atoms with E-state index in [-0.39, 0.29) is 5.91 Å². The van der Waals surface area contributed by atoms with Crippen molar-refractivity contribution in [3.8, 4) is 11.4 Å². The van der Waals surface area contributed by atoms with Crippen LogP contribution in [-0.4, -0.2) is 32.2 Å². The van der Waals surface area contributed by atoms with Crippen LogP contribution < -0.4 is 5.32 Å². The first kappa shape index (κ1) is 14.7. The summed E-state index contributed by atoms with van der Waals surface area (Å²) in [7, 11) is 0. The van der Waals surface area contributed by atoms with Crippen LogP contribution in [0.2, 0.25) is 0 Å². The van der Waals surface area contributed by atoms with Crippen LogP contribution in [0.4, 0.5) is 0 Å². The Morgan fingerprint density at radius 2 is 1.95 bits per heavy atom. The lowest BCUT2D eigenvalue weighted by Gasteiger charge is -2.24. The Balaban J connectivity index is 1.65. The molecule has 1 aromatic heterocycles. The van der Waals surface area contributed by atoms with Crippen molar-refractivity contribution in [2.45, 2.75) is 51.1 Å². The Bertz CT molecular complexity index is 618. The molecule has 116 valence electrons. The fourth-order valence-electron chi connectivity index (χ4n) is 2.77. The number of rotatable bonds is 4. The molecule has 1 atom stereocenters. The zero-order valence-corrected chi connectivity index (χ0v) is 12.8. The summed E-state index contributed by atoms with van der Waals surface area (Å²) in [6.07, 6.45) is 5.79. The molecule has 1 N–H and O–H groups in total. The van der Waals surface area contributed by atoms with Crippen molar-refractivity contribution in [1.29, 1.82) is 0 Å². The number of benzene rings is 1. The summed E-state index contributed by atoms with van der Waals surface area (Å²) in [6.45, 7) is 1.80. The molecular weight excluding hydrogens is 278 g/mol. The standard InChI is InChI=1S/C16H21N5O/c1-12(16(22)17-14-10-6-3-7-11-14)21-19-15(18-20-21)13-8-4-2-5-9-13/h2,4-5,8-9,12,14H,3,6-7,10-11H2,1H3,(H,17,22)/t12-/m1/s1. The highest BCUT2D eigenvalue weighted by Crippen LogP contribution is 2.18. The first-order valence-electron chi connectivity index (χ1n) is 7.89. The minimum atomic E-state index is -0.452. The van der Waals surface area contributed by atoms with Gasteiger partial charge in [0.05, 0.1) is 0 Å². The summed E-state index contributed by atoms with van der Waals surface area (Å²) in [5, 5.41) is 15.5. The lowest BCUT2D eigenvalue weighted by molar-refractivity contribution is -0.125. The topological polar surface area (TPSA) is 72.7 Å². The number of nitrogens with one attached hydrogen (secondary N) is 1. The number of aromatic nitrogens is 4. The molecule has 0 saturated heterocycles. The second kappa shape index (κ2) is 6.68. The van der Waals surface area contributed by atoms with E-state index in [1.165, 1.54) is 24.1 Å². The van der Waals surface area contributed by atoms with E-state index in [9.17, 15) is 4.79 Å². The average molecular weight is 299 g/mol. The largest absolute Gasteiger partial charge is 0.351 e. The molecule has 3 rings (SSSR count). The van der Waals surface area contributed by atoms with Crippen LogP contribution in [0, 0.1) is 0 Å². The van der Waals surface area contributed by atoms with Crippen molar-refractivity contribution in [2.75, 3.05) is 0 Å². The Kier molecular flexibility index (Phi) is 4.46. The number of amides is 1. The number of hydrogen-bond donors (Lipinski definition) is 1. The minimum Gasteiger partial charge on any atom is -0.351 e. The van der Waals surface area contributed by atoms with Gasteiger partial charge >= 0.3 is 0 Å². The number of carbonyl (C=O) groups excluding carboxylic acids is 1. The van der Waals surface area contributed by atoms with Gasteiger partial charge in [-0.25, -0.2) is 0 Å². The summed E-state index contributed by atoms with van der Waals surface area (Å²) in [6, 6.07) is 9.48. The fourth-order valence-corrected chi connectivity index (χ4v) is 2.77. The number of hydrogen-bond acceptors (Lipinski definition) is 4. The van der Waals surface area contributed by atoms with E-state index in [2.05, 4.69) is 20.7 Å². The van der Waals surface area contributed by atoms with Gasteiger partial charge in [0.1, 0.15) is 6.04 Å². The zero-order valence-electron chi connectivity index (χ0n) is 12.8. The Morgan fingerprint density at radius 1 is 1.23 bits per heavy atom. The first-order valence-corrected chi connectivity index (χ1v) is 7.89. The summed E-state index contributed by atoms with van der Waals surface area (Å²) in [5.74, 6) is 0.502. The molecule has 1 amide bonds. The maximum absolute atomic E-state index is 12.3. The normalized spacial score (nSPS) is 17.1. The molecule has 6 heteroatoms. The molecule has 1 aliphatic carbocycles. The van der Waals surface area contributed by atoms with Gasteiger partial charge in [-0.2, -0.15) is 4.80 Å². The SMILES string of the molecule is C[C@H](C(=O)NC1CCCCC1)n1nnc(-c2ccccc2)n1. The third-order valence-corrected chi connectivity index (χ3v) is 4.14. The van der Waals surface area contributed by atoms with E-state index in [1.54, 1.807) is 6.92 Å². The van der Waals surface area contributed by atoms with E-state index in [0.29, 0.717) is 11.9 Å². The maximum atomic E-state index is 12.3. The number of carbonyl (C=O) groups is 1. The monoisotopic (exact) mass is 299 g/mol. The molecule has 2 aromatic rings. The highest BCUT2D eigenvalue weighted by molar-refractivity contribution is 5.79. The van der Waals surface area contributed by atoms with Gasteiger partial charge in [-0.3, -0.25) is 4.79 Å². The van der Waals surface area contributed by atoms with E-state index < -0.39 is 6.04 Å². The minimum absolute atomic E-state index is 0.0380. The molecule has 22 heavy (non-hydrogen) atoms. The van der Waals surface area contributed by atoms with Crippen LogP contribution in [0.25, 0.3) is 11.4 Å². The predicted molar refractivity (Wildman–Crippen MR) is 83.0 cm³/mol. The van der Waals surface area contributed by atoms with Gasteiger partial charge in [0.2, 0.25) is 11.7 Å². The van der Waals surface area contributed by atoms with Crippen LogP contribution in [0.15, 0.2) is 30.3 Å². The van der Waals surface area contributed by atoms with Gasteiger partial charge in [0.15, 0.2) is 0 Å². The van der Waals surface area contributed by atoms with Gasteiger partial charge in [0.25, 0.3) is 0 Å². The molecule has 6 nitrogen and oxygen atoms in total. The van der Waals surface area contributed by atoms with Gasteiger partial charge in [-0.1, -0.05) is 49.6 Å². The van der Waals surface area contributed by atoms with Crippen LogP contribution in [0.5, 0.6) is 0 Å². The fraction of sp³-hybridized carbons (Fsp3) is 0.500. The third-order valence-electron chi connectivity index (χ3n) is 4.14.